The predicted octanol–water partition coefficient (Wildman–Crippen LogP) is 4.99. The van der Waals surface area contributed by atoms with Crippen molar-refractivity contribution in [2.45, 2.75) is 103 Å². The largest absolute Gasteiger partial charge is 0.409 e. The van der Waals surface area contributed by atoms with Gasteiger partial charge in [-0.25, -0.2) is 0 Å². The highest BCUT2D eigenvalue weighted by Crippen LogP contribution is 2.48. The first-order valence-electron chi connectivity index (χ1n) is 14.0. The van der Waals surface area contributed by atoms with E-state index in [0.717, 1.165) is 5.56 Å². The highest BCUT2D eigenvalue weighted by atomic mass is 31.2. The summed E-state index contributed by atoms with van der Waals surface area (Å²) in [7, 11) is -5.99. The van der Waals surface area contributed by atoms with Gasteiger partial charge in [0, 0.05) is 18.9 Å². The van der Waals surface area contributed by atoms with Crippen LogP contribution in [0.15, 0.2) is 30.3 Å². The summed E-state index contributed by atoms with van der Waals surface area (Å²) in [5.74, 6) is -0.635. The van der Waals surface area contributed by atoms with Crippen LogP contribution in [0.1, 0.15) is 59.8 Å². The molecule has 226 valence electrons. The number of carbonyl (C=O) groups is 2. The number of hydrogen-bond donors (Lipinski definition) is 1. The maximum Gasteiger partial charge on any atom is 0.338 e. The van der Waals surface area contributed by atoms with Gasteiger partial charge in [-0.2, -0.15) is 0 Å². The lowest BCUT2D eigenvalue weighted by Gasteiger charge is -2.52. The van der Waals surface area contributed by atoms with E-state index in [-0.39, 0.29) is 49.1 Å². The van der Waals surface area contributed by atoms with Crippen LogP contribution in [-0.4, -0.2) is 76.4 Å². The lowest BCUT2D eigenvalue weighted by Crippen LogP contribution is -2.69. The number of fused-ring (bicyclic) bond motifs is 1. The fourth-order valence-electron chi connectivity index (χ4n) is 4.73. The summed E-state index contributed by atoms with van der Waals surface area (Å²) in [6.07, 6.45) is -3.59. The second-order valence-electron chi connectivity index (χ2n) is 11.8. The lowest BCUT2D eigenvalue weighted by atomic mass is 9.89. The Hall–Kier alpha value is -1.43. The average Bonchev–Trinajstić information content (AvgIpc) is 2.85. The molecule has 40 heavy (non-hydrogen) atoms. The molecular formula is C28H46NO9PSi. The number of rotatable bonds is 12. The van der Waals surface area contributed by atoms with Gasteiger partial charge in [-0.3, -0.25) is 14.2 Å². The molecule has 0 aromatic heterocycles. The number of ketones is 1. The Balaban J connectivity index is 1.94. The molecular weight excluding hydrogens is 553 g/mol. The van der Waals surface area contributed by atoms with Gasteiger partial charge in [0.25, 0.3) is 0 Å². The molecule has 1 aromatic carbocycles. The molecule has 2 aliphatic rings. The zero-order valence-electron chi connectivity index (χ0n) is 25.0. The summed E-state index contributed by atoms with van der Waals surface area (Å²) in [6.45, 7) is 16.0. The highest BCUT2D eigenvalue weighted by molar-refractivity contribution is 7.54. The summed E-state index contributed by atoms with van der Waals surface area (Å²) in [5, 5.41) is 2.86. The van der Waals surface area contributed by atoms with E-state index in [0.29, 0.717) is 0 Å². The van der Waals surface area contributed by atoms with Gasteiger partial charge in [-0.1, -0.05) is 51.1 Å². The minimum absolute atomic E-state index is 0.113. The Bertz CT molecular complexity index is 1040. The quantitative estimate of drug-likeness (QED) is 0.262. The van der Waals surface area contributed by atoms with Gasteiger partial charge >= 0.3 is 7.60 Å². The zero-order chi connectivity index (χ0) is 29.7. The summed E-state index contributed by atoms with van der Waals surface area (Å²) in [6, 6.07) is 8.93. The first-order valence-corrected chi connectivity index (χ1v) is 18.7. The molecule has 0 bridgehead atoms. The SMILES string of the molecule is CCOP(=O)(CC(=O)C[C@H]1O[C@@H]2CO[C@@H](c3ccccc3)O[C@H]2[C@H](O[Si](C)(C)C(C)(C)C)[C@H]1NC(C)=O)OCC. The maximum absolute atomic E-state index is 13.2. The fraction of sp³-hybridized carbons (Fsp3) is 0.714. The van der Waals surface area contributed by atoms with Crippen molar-refractivity contribution in [1.82, 2.24) is 5.32 Å². The van der Waals surface area contributed by atoms with Crippen molar-refractivity contribution in [3.63, 3.8) is 0 Å². The molecule has 0 saturated carbocycles. The van der Waals surface area contributed by atoms with E-state index in [1.165, 1.54) is 6.92 Å². The number of hydrogen-bond acceptors (Lipinski definition) is 9. The van der Waals surface area contributed by atoms with Gasteiger partial charge < -0.3 is 33.0 Å². The van der Waals surface area contributed by atoms with Crippen molar-refractivity contribution < 1.29 is 41.8 Å². The molecule has 6 atom stereocenters. The van der Waals surface area contributed by atoms with E-state index in [2.05, 4.69) is 39.2 Å². The Morgan fingerprint density at radius 3 is 2.25 bits per heavy atom. The van der Waals surface area contributed by atoms with Gasteiger partial charge in [0.15, 0.2) is 14.6 Å². The zero-order valence-corrected chi connectivity index (χ0v) is 26.9. The summed E-state index contributed by atoms with van der Waals surface area (Å²) >= 11 is 0. The van der Waals surface area contributed by atoms with Gasteiger partial charge in [0.05, 0.1) is 38.1 Å². The highest BCUT2D eigenvalue weighted by Gasteiger charge is 2.54. The van der Waals surface area contributed by atoms with Crippen molar-refractivity contribution in [1.29, 1.82) is 0 Å². The van der Waals surface area contributed by atoms with Crippen LogP contribution in [0.3, 0.4) is 0 Å². The number of amides is 1. The number of nitrogens with one attached hydrogen (secondary N) is 1. The number of Topliss-reactive ketones (excluding diaryl/α,β-unsaturated/α-hetero) is 1. The van der Waals surface area contributed by atoms with Crippen LogP contribution in [-0.2, 0) is 41.8 Å². The Morgan fingerprint density at radius 2 is 1.70 bits per heavy atom. The number of carbonyl (C=O) groups excluding carboxylic acids is 2. The lowest BCUT2D eigenvalue weighted by molar-refractivity contribution is -0.312. The molecule has 12 heteroatoms. The molecule has 2 heterocycles. The van der Waals surface area contributed by atoms with E-state index in [1.807, 2.05) is 30.3 Å². The first kappa shape index (κ1) is 33.1. The van der Waals surface area contributed by atoms with E-state index < -0.39 is 52.7 Å². The third-order valence-electron chi connectivity index (χ3n) is 7.62. The van der Waals surface area contributed by atoms with Crippen molar-refractivity contribution in [2.75, 3.05) is 26.0 Å². The second kappa shape index (κ2) is 13.7. The van der Waals surface area contributed by atoms with E-state index in [1.54, 1.807) is 13.8 Å². The van der Waals surface area contributed by atoms with Crippen molar-refractivity contribution in [3.8, 4) is 0 Å². The van der Waals surface area contributed by atoms with Crippen LogP contribution in [0.5, 0.6) is 0 Å². The van der Waals surface area contributed by atoms with Gasteiger partial charge in [0.2, 0.25) is 5.91 Å². The second-order valence-corrected chi connectivity index (χ2v) is 18.6. The third-order valence-corrected chi connectivity index (χ3v) is 14.1. The summed E-state index contributed by atoms with van der Waals surface area (Å²) in [5.41, 5.74) is 0.864. The van der Waals surface area contributed by atoms with Gasteiger partial charge in [0.1, 0.15) is 24.2 Å². The molecule has 1 N–H and O–H groups in total. The van der Waals surface area contributed by atoms with E-state index in [9.17, 15) is 14.2 Å². The molecule has 2 fully saturated rings. The van der Waals surface area contributed by atoms with E-state index in [4.69, 9.17) is 27.7 Å². The van der Waals surface area contributed by atoms with Crippen molar-refractivity contribution >= 4 is 27.6 Å². The number of benzene rings is 1. The van der Waals surface area contributed by atoms with Crippen LogP contribution in [0, 0.1) is 0 Å². The first-order chi connectivity index (χ1) is 18.7. The normalized spacial score (nSPS) is 27.6. The van der Waals surface area contributed by atoms with Crippen LogP contribution in [0.2, 0.25) is 18.1 Å². The van der Waals surface area contributed by atoms with Crippen molar-refractivity contribution in [2.24, 2.45) is 0 Å². The standard InChI is InChI=1S/C28H46NO9PSi/c1-9-34-39(32,35-10-2)18-21(31)16-22-24(29-19(3)30)26(38-40(7,8)28(4,5)6)25-23(36-22)17-33-27(37-25)20-14-12-11-13-15-20/h11-15,22-27H,9-10,16-18H2,1-8H3,(H,29,30)/t22-,23-,24+,25-,26-,27-/m1/s1. The minimum Gasteiger partial charge on any atom is -0.409 e. The molecule has 2 saturated heterocycles. The summed E-state index contributed by atoms with van der Waals surface area (Å²) in [4.78, 5) is 25.7. The van der Waals surface area contributed by atoms with Crippen LogP contribution in [0.25, 0.3) is 0 Å². The topological polar surface area (TPSA) is 119 Å². The van der Waals surface area contributed by atoms with Crippen LogP contribution < -0.4 is 5.32 Å². The molecule has 1 aromatic rings. The molecule has 10 nitrogen and oxygen atoms in total. The predicted molar refractivity (Wildman–Crippen MR) is 154 cm³/mol. The third kappa shape index (κ3) is 8.32. The van der Waals surface area contributed by atoms with Crippen LogP contribution in [0.4, 0.5) is 0 Å². The van der Waals surface area contributed by atoms with E-state index >= 15 is 0 Å². The van der Waals surface area contributed by atoms with Crippen molar-refractivity contribution in [3.05, 3.63) is 35.9 Å². The Kier molecular flexibility index (Phi) is 11.3. The number of ether oxygens (including phenoxy) is 3. The molecule has 0 radical (unpaired) electrons. The fourth-order valence-corrected chi connectivity index (χ4v) is 7.65. The smallest absolute Gasteiger partial charge is 0.338 e. The van der Waals surface area contributed by atoms with Gasteiger partial charge in [-0.15, -0.1) is 0 Å². The average molecular weight is 600 g/mol. The molecule has 0 spiro atoms. The molecule has 0 unspecified atom stereocenters. The summed E-state index contributed by atoms with van der Waals surface area (Å²) < 4.78 is 49.6. The maximum atomic E-state index is 13.2. The monoisotopic (exact) mass is 599 g/mol. The van der Waals surface area contributed by atoms with Crippen LogP contribution >= 0.6 is 7.60 Å². The van der Waals surface area contributed by atoms with Gasteiger partial charge in [-0.05, 0) is 32.0 Å². The molecule has 2 aliphatic heterocycles. The molecule has 0 aliphatic carbocycles. The Morgan fingerprint density at radius 1 is 1.07 bits per heavy atom. The molecule has 3 rings (SSSR count). The Labute approximate surface area is 239 Å². The molecule has 1 amide bonds. The minimum atomic E-state index is -3.60.